The predicted molar refractivity (Wildman–Crippen MR) is 105 cm³/mol. The van der Waals surface area contributed by atoms with Crippen molar-refractivity contribution in [2.24, 2.45) is 5.73 Å². The minimum atomic E-state index is -2.59. The van der Waals surface area contributed by atoms with Crippen molar-refractivity contribution in [1.29, 1.82) is 0 Å². The number of primary amides is 1. The Hall–Kier alpha value is -2.68. The Kier molecular flexibility index (Phi) is 8.85. The molecule has 29 heavy (non-hydrogen) atoms. The van der Waals surface area contributed by atoms with Crippen LogP contribution in [0.3, 0.4) is 0 Å². The number of allylic oxidation sites excluding steroid dienone is 1. The molecule has 0 bridgehead atoms. The molecule has 0 spiro atoms. The molecule has 2 N–H and O–H groups in total. The number of para-hydroxylation sites is 2. The van der Waals surface area contributed by atoms with E-state index in [1.165, 1.54) is 16.9 Å². The van der Waals surface area contributed by atoms with Gasteiger partial charge in [0.25, 0.3) is 6.43 Å². The van der Waals surface area contributed by atoms with Crippen molar-refractivity contribution in [3.05, 3.63) is 36.6 Å². The molecular weight excluding hydrogens is 384 g/mol. The van der Waals surface area contributed by atoms with Gasteiger partial charge < -0.3 is 20.1 Å². The van der Waals surface area contributed by atoms with Crippen LogP contribution >= 0.6 is 0 Å². The molecule has 0 aliphatic carbocycles. The van der Waals surface area contributed by atoms with Crippen molar-refractivity contribution in [1.82, 2.24) is 4.90 Å². The van der Waals surface area contributed by atoms with Crippen molar-refractivity contribution in [3.8, 4) is 5.75 Å². The second-order valence-corrected chi connectivity index (χ2v) is 6.73. The van der Waals surface area contributed by atoms with Crippen LogP contribution < -0.4 is 15.4 Å². The van der Waals surface area contributed by atoms with Crippen molar-refractivity contribution in [3.63, 3.8) is 0 Å². The van der Waals surface area contributed by atoms with Gasteiger partial charge in [-0.25, -0.2) is 8.78 Å². The second kappa shape index (κ2) is 11.4. The highest BCUT2D eigenvalue weighted by Crippen LogP contribution is 2.28. The van der Waals surface area contributed by atoms with Crippen LogP contribution in [0.5, 0.6) is 5.75 Å². The molecule has 2 rings (SSSR count). The largest absolute Gasteiger partial charge is 0.497 e. The lowest BCUT2D eigenvalue weighted by Gasteiger charge is -2.30. The standard InChI is InChI=1S/C20H27F2N3O4/c1-28-17-8-3-2-7-16(17)25(10-9-19(23)26)20(27)14-24(13-18(21)22)12-15-6-4-5-11-29-15/h2-3,5,7-8,11,15,18H,4,6,9-10,12-14H2,1H3,(H2,23,26)/t15-/m1/s1. The van der Waals surface area contributed by atoms with E-state index in [1.807, 2.05) is 6.08 Å². The van der Waals surface area contributed by atoms with Gasteiger partial charge in [-0.3, -0.25) is 14.5 Å². The summed E-state index contributed by atoms with van der Waals surface area (Å²) in [5.41, 5.74) is 5.69. The minimum absolute atomic E-state index is 0.0275. The molecule has 9 heteroatoms. The van der Waals surface area contributed by atoms with Gasteiger partial charge in [0.1, 0.15) is 11.9 Å². The lowest BCUT2D eigenvalue weighted by Crippen LogP contribution is -2.46. The predicted octanol–water partition coefficient (Wildman–Crippen LogP) is 2.16. The topological polar surface area (TPSA) is 85.1 Å². The van der Waals surface area contributed by atoms with E-state index in [2.05, 4.69) is 0 Å². The van der Waals surface area contributed by atoms with Gasteiger partial charge in [-0.1, -0.05) is 12.1 Å². The molecule has 2 amide bonds. The van der Waals surface area contributed by atoms with Crippen LogP contribution in [0.4, 0.5) is 14.5 Å². The number of methoxy groups -OCH3 is 1. The van der Waals surface area contributed by atoms with E-state index in [4.69, 9.17) is 15.2 Å². The van der Waals surface area contributed by atoms with Gasteiger partial charge in [0.05, 0.1) is 32.1 Å². The van der Waals surface area contributed by atoms with Crippen LogP contribution in [-0.4, -0.2) is 62.5 Å². The smallest absolute Gasteiger partial charge is 0.251 e. The summed E-state index contributed by atoms with van der Waals surface area (Å²) in [4.78, 5) is 27.0. The van der Waals surface area contributed by atoms with Crippen LogP contribution in [0.15, 0.2) is 36.6 Å². The molecule has 1 aliphatic heterocycles. The first kappa shape index (κ1) is 22.6. The molecule has 0 aromatic heterocycles. The fourth-order valence-corrected chi connectivity index (χ4v) is 3.14. The number of rotatable bonds is 11. The number of nitrogens with two attached hydrogens (primary N) is 1. The summed E-state index contributed by atoms with van der Waals surface area (Å²) in [7, 11) is 1.46. The molecule has 0 fully saturated rings. The lowest BCUT2D eigenvalue weighted by molar-refractivity contribution is -0.120. The first-order valence-electron chi connectivity index (χ1n) is 9.43. The van der Waals surface area contributed by atoms with Gasteiger partial charge in [-0.15, -0.1) is 0 Å². The van der Waals surface area contributed by atoms with E-state index in [-0.39, 0.29) is 32.2 Å². The number of ether oxygens (including phenoxy) is 2. The molecule has 1 aromatic rings. The molecule has 0 saturated carbocycles. The van der Waals surface area contributed by atoms with Crippen LogP contribution in [0.25, 0.3) is 0 Å². The van der Waals surface area contributed by atoms with E-state index in [9.17, 15) is 18.4 Å². The summed E-state index contributed by atoms with van der Waals surface area (Å²) in [6.07, 6.45) is 2.02. The molecule has 0 unspecified atom stereocenters. The number of anilines is 1. The maximum Gasteiger partial charge on any atom is 0.251 e. The summed E-state index contributed by atoms with van der Waals surface area (Å²) >= 11 is 0. The number of hydrogen-bond donors (Lipinski definition) is 1. The third-order valence-electron chi connectivity index (χ3n) is 4.50. The molecule has 0 saturated heterocycles. The molecule has 0 radical (unpaired) electrons. The van der Waals surface area contributed by atoms with E-state index < -0.39 is 24.8 Å². The zero-order valence-corrected chi connectivity index (χ0v) is 16.4. The van der Waals surface area contributed by atoms with Crippen molar-refractivity contribution in [2.75, 3.05) is 38.2 Å². The molecule has 160 valence electrons. The maximum absolute atomic E-state index is 13.1. The number of benzene rings is 1. The highest BCUT2D eigenvalue weighted by Gasteiger charge is 2.26. The van der Waals surface area contributed by atoms with E-state index in [1.54, 1.807) is 30.5 Å². The number of carbonyl (C=O) groups is 2. The fraction of sp³-hybridized carbons (Fsp3) is 0.500. The normalized spacial score (nSPS) is 16.0. The average molecular weight is 411 g/mol. The Morgan fingerprint density at radius 2 is 2.10 bits per heavy atom. The first-order valence-corrected chi connectivity index (χ1v) is 9.43. The van der Waals surface area contributed by atoms with Crippen molar-refractivity contribution < 1.29 is 27.8 Å². The summed E-state index contributed by atoms with van der Waals surface area (Å²) in [5.74, 6) is -0.557. The SMILES string of the molecule is COc1ccccc1N(CCC(N)=O)C(=O)CN(CC(F)F)C[C@H]1CCC=CO1. The van der Waals surface area contributed by atoms with Crippen LogP contribution in [0.1, 0.15) is 19.3 Å². The van der Waals surface area contributed by atoms with Gasteiger partial charge in [0.2, 0.25) is 11.8 Å². The number of nitrogens with zero attached hydrogens (tertiary/aromatic N) is 2. The number of alkyl halides is 2. The fourth-order valence-electron chi connectivity index (χ4n) is 3.14. The number of amides is 2. The zero-order valence-electron chi connectivity index (χ0n) is 16.4. The Bertz CT molecular complexity index is 715. The van der Waals surface area contributed by atoms with Gasteiger partial charge in [-0.2, -0.15) is 0 Å². The number of hydrogen-bond acceptors (Lipinski definition) is 5. The summed E-state index contributed by atoms with van der Waals surface area (Å²) in [6, 6.07) is 6.82. The van der Waals surface area contributed by atoms with Gasteiger partial charge in [0, 0.05) is 19.5 Å². The monoisotopic (exact) mass is 411 g/mol. The maximum atomic E-state index is 13.1. The Labute approximate surface area is 169 Å². The average Bonchev–Trinajstić information content (AvgIpc) is 2.68. The Morgan fingerprint density at radius 3 is 2.72 bits per heavy atom. The van der Waals surface area contributed by atoms with E-state index in [0.717, 1.165) is 6.42 Å². The number of halogens is 2. The quantitative estimate of drug-likeness (QED) is 0.603. The van der Waals surface area contributed by atoms with Crippen LogP contribution in [0.2, 0.25) is 0 Å². The first-order chi connectivity index (χ1) is 13.9. The molecule has 1 heterocycles. The minimum Gasteiger partial charge on any atom is -0.497 e. The highest BCUT2D eigenvalue weighted by atomic mass is 19.3. The molecular formula is C20H27F2N3O4. The second-order valence-electron chi connectivity index (χ2n) is 6.73. The molecule has 7 nitrogen and oxygen atoms in total. The molecule has 1 aromatic carbocycles. The Morgan fingerprint density at radius 1 is 1.34 bits per heavy atom. The molecule has 1 atom stereocenters. The third-order valence-corrected chi connectivity index (χ3v) is 4.50. The summed E-state index contributed by atoms with van der Waals surface area (Å²) < 4.78 is 36.9. The highest BCUT2D eigenvalue weighted by molar-refractivity contribution is 5.96. The van der Waals surface area contributed by atoms with Gasteiger partial charge in [0.15, 0.2) is 0 Å². The van der Waals surface area contributed by atoms with E-state index >= 15 is 0 Å². The number of carbonyl (C=O) groups excluding carboxylic acids is 2. The summed E-state index contributed by atoms with van der Waals surface area (Å²) in [6.45, 7) is -0.564. The van der Waals surface area contributed by atoms with Gasteiger partial charge in [-0.05, 0) is 31.1 Å². The van der Waals surface area contributed by atoms with Crippen LogP contribution in [0, 0.1) is 0 Å². The van der Waals surface area contributed by atoms with Crippen molar-refractivity contribution in [2.45, 2.75) is 31.8 Å². The van der Waals surface area contributed by atoms with E-state index in [0.29, 0.717) is 17.9 Å². The lowest BCUT2D eigenvalue weighted by atomic mass is 10.1. The van der Waals surface area contributed by atoms with Gasteiger partial charge >= 0.3 is 0 Å². The third kappa shape index (κ3) is 7.34. The Balaban J connectivity index is 2.17. The van der Waals surface area contributed by atoms with Crippen molar-refractivity contribution >= 4 is 17.5 Å². The molecule has 1 aliphatic rings. The summed E-state index contributed by atoms with van der Waals surface area (Å²) in [5, 5.41) is 0. The van der Waals surface area contributed by atoms with Crippen LogP contribution in [-0.2, 0) is 14.3 Å². The zero-order chi connectivity index (χ0) is 21.2.